The average molecular weight is 442 g/mol. The predicted octanol–water partition coefficient (Wildman–Crippen LogP) is 2.26. The second-order valence-electron chi connectivity index (χ2n) is 9.80. The minimum atomic E-state index is -1.75. The maximum atomic E-state index is 13.9. The van der Waals surface area contributed by atoms with Gasteiger partial charge in [-0.1, -0.05) is 0 Å². The summed E-state index contributed by atoms with van der Waals surface area (Å²) < 4.78 is 13.5. The second kappa shape index (κ2) is 9.98. The lowest BCUT2D eigenvalue weighted by molar-refractivity contribution is -0.130. The number of piperazine rings is 1. The number of thioether (sulfide) groups is 1. The van der Waals surface area contributed by atoms with Crippen molar-refractivity contribution in [3.8, 4) is 0 Å². The van der Waals surface area contributed by atoms with Crippen molar-refractivity contribution in [2.75, 3.05) is 38.5 Å². The van der Waals surface area contributed by atoms with Gasteiger partial charge in [-0.15, -0.1) is 0 Å². The number of hydrogen-bond donors (Lipinski definition) is 1. The first-order chi connectivity index (χ1) is 14.3. The Labute approximate surface area is 183 Å². The Bertz CT molecular complexity index is 613. The maximum absolute atomic E-state index is 13.9. The van der Waals surface area contributed by atoms with E-state index >= 15 is 0 Å². The molecule has 0 aromatic heterocycles. The molecule has 1 atom stereocenters. The highest BCUT2D eigenvalue weighted by Gasteiger charge is 2.52. The van der Waals surface area contributed by atoms with Crippen LogP contribution >= 0.6 is 11.8 Å². The van der Waals surface area contributed by atoms with E-state index in [4.69, 9.17) is 0 Å². The van der Waals surface area contributed by atoms with Crippen molar-refractivity contribution in [1.29, 1.82) is 0 Å². The van der Waals surface area contributed by atoms with Gasteiger partial charge in [0.25, 0.3) is 5.91 Å². The highest BCUT2D eigenvalue weighted by molar-refractivity contribution is 8.00. The topological polar surface area (TPSA) is 69.7 Å². The molecular weight excluding hydrogens is 405 g/mol. The molecule has 0 aromatic carbocycles. The van der Waals surface area contributed by atoms with Crippen LogP contribution in [0.2, 0.25) is 0 Å². The van der Waals surface area contributed by atoms with E-state index < -0.39 is 22.4 Å². The summed E-state index contributed by atoms with van der Waals surface area (Å²) >= 11 is 1.71. The van der Waals surface area contributed by atoms with Crippen molar-refractivity contribution in [1.82, 2.24) is 15.1 Å². The molecular formula is C22H36FN3O3S. The summed E-state index contributed by atoms with van der Waals surface area (Å²) in [7, 11) is 0. The molecule has 0 spiro atoms. The number of nitrogens with zero attached hydrogens (tertiary/aromatic N) is 2. The van der Waals surface area contributed by atoms with Crippen LogP contribution in [0.3, 0.4) is 0 Å². The summed E-state index contributed by atoms with van der Waals surface area (Å²) in [6.07, 6.45) is 7.03. The Balaban J connectivity index is 1.37. The zero-order valence-electron chi connectivity index (χ0n) is 18.3. The molecule has 3 rings (SSSR count). The minimum absolute atomic E-state index is 0.258. The third-order valence-corrected chi connectivity index (χ3v) is 8.63. The van der Waals surface area contributed by atoms with Gasteiger partial charge in [0.1, 0.15) is 6.29 Å². The van der Waals surface area contributed by atoms with Crippen LogP contribution in [0.25, 0.3) is 0 Å². The number of alkyl halides is 1. The fourth-order valence-corrected chi connectivity index (χ4v) is 5.69. The van der Waals surface area contributed by atoms with E-state index in [1.165, 1.54) is 25.7 Å². The Morgan fingerprint density at radius 1 is 1.13 bits per heavy atom. The molecule has 8 heteroatoms. The number of carbonyl (C=O) groups is 3. The second-order valence-corrected chi connectivity index (χ2v) is 11.5. The maximum Gasteiger partial charge on any atom is 0.258 e. The summed E-state index contributed by atoms with van der Waals surface area (Å²) in [5.74, 6) is 1.67. The molecule has 0 bridgehead atoms. The first-order valence-electron chi connectivity index (χ1n) is 11.3. The zero-order valence-corrected chi connectivity index (χ0v) is 19.1. The molecule has 1 unspecified atom stereocenters. The van der Waals surface area contributed by atoms with Crippen molar-refractivity contribution < 1.29 is 18.8 Å². The molecule has 1 saturated heterocycles. The molecule has 1 aliphatic heterocycles. The summed E-state index contributed by atoms with van der Waals surface area (Å²) in [4.78, 5) is 38.8. The summed E-state index contributed by atoms with van der Waals surface area (Å²) in [6.45, 7) is 8.66. The van der Waals surface area contributed by atoms with E-state index in [9.17, 15) is 18.8 Å². The molecule has 1 N–H and O–H groups in total. The first-order valence-corrected chi connectivity index (χ1v) is 12.2. The van der Waals surface area contributed by atoms with E-state index in [1.807, 2.05) is 18.7 Å². The number of amides is 2. The lowest BCUT2D eigenvalue weighted by Gasteiger charge is -2.37. The van der Waals surface area contributed by atoms with Gasteiger partial charge in [-0.2, -0.15) is 11.8 Å². The molecule has 3 fully saturated rings. The van der Waals surface area contributed by atoms with Gasteiger partial charge >= 0.3 is 0 Å². The summed E-state index contributed by atoms with van der Waals surface area (Å²) in [5, 5.41) is 2.62. The third-order valence-electron chi connectivity index (χ3n) is 7.00. The van der Waals surface area contributed by atoms with Crippen molar-refractivity contribution in [3.63, 3.8) is 0 Å². The zero-order chi connectivity index (χ0) is 21.8. The monoisotopic (exact) mass is 441 g/mol. The Morgan fingerprint density at radius 3 is 2.27 bits per heavy atom. The smallest absolute Gasteiger partial charge is 0.258 e. The molecule has 6 nitrogen and oxygen atoms in total. The van der Waals surface area contributed by atoms with Crippen LogP contribution < -0.4 is 5.32 Å². The van der Waals surface area contributed by atoms with Gasteiger partial charge in [-0.25, -0.2) is 4.39 Å². The van der Waals surface area contributed by atoms with Gasteiger partial charge in [0.15, 0.2) is 5.67 Å². The van der Waals surface area contributed by atoms with Crippen molar-refractivity contribution in [2.24, 2.45) is 11.8 Å². The molecule has 0 aromatic rings. The van der Waals surface area contributed by atoms with Gasteiger partial charge < -0.3 is 15.0 Å². The van der Waals surface area contributed by atoms with Gasteiger partial charge in [0, 0.05) is 37.5 Å². The SMILES string of the molecule is CC(C)(SCC1CCC(CN2CCN(C=O)CC2)CC1)C(C=O)NC(=O)C1(F)CC1. The molecule has 2 saturated carbocycles. The van der Waals surface area contributed by atoms with Crippen molar-refractivity contribution in [3.05, 3.63) is 0 Å². The van der Waals surface area contributed by atoms with Crippen molar-refractivity contribution >= 4 is 30.4 Å². The molecule has 30 heavy (non-hydrogen) atoms. The highest BCUT2D eigenvalue weighted by Crippen LogP contribution is 2.41. The number of nitrogens with one attached hydrogen (secondary N) is 1. The lowest BCUT2D eigenvalue weighted by atomic mass is 9.82. The van der Waals surface area contributed by atoms with Crippen LogP contribution in [0.5, 0.6) is 0 Å². The van der Waals surface area contributed by atoms with Gasteiger partial charge in [-0.3, -0.25) is 14.5 Å². The quantitative estimate of drug-likeness (QED) is 0.527. The molecule has 0 radical (unpaired) electrons. The number of rotatable bonds is 10. The van der Waals surface area contributed by atoms with Gasteiger partial charge in [-0.05, 0) is 70.0 Å². The van der Waals surface area contributed by atoms with E-state index in [1.54, 1.807) is 11.8 Å². The van der Waals surface area contributed by atoms with Crippen LogP contribution in [-0.2, 0) is 14.4 Å². The average Bonchev–Trinajstić information content (AvgIpc) is 3.50. The fraction of sp³-hybridized carbons (Fsp3) is 0.864. The Kier molecular flexibility index (Phi) is 7.82. The van der Waals surface area contributed by atoms with Crippen LogP contribution in [0.1, 0.15) is 52.4 Å². The summed E-state index contributed by atoms with van der Waals surface area (Å²) in [5.41, 5.74) is -1.75. The first kappa shape index (κ1) is 23.5. The Hall–Kier alpha value is -1.15. The van der Waals surface area contributed by atoms with E-state index in [0.29, 0.717) is 5.92 Å². The lowest BCUT2D eigenvalue weighted by Crippen LogP contribution is -2.51. The van der Waals surface area contributed by atoms with E-state index in [0.717, 1.165) is 57.1 Å². The number of carbonyl (C=O) groups excluding carboxylic acids is 3. The van der Waals surface area contributed by atoms with E-state index in [-0.39, 0.29) is 12.8 Å². The van der Waals surface area contributed by atoms with Gasteiger partial charge in [0.05, 0.1) is 6.04 Å². The molecule has 2 aliphatic carbocycles. The van der Waals surface area contributed by atoms with Crippen LogP contribution in [0.15, 0.2) is 0 Å². The summed E-state index contributed by atoms with van der Waals surface area (Å²) in [6, 6.07) is -0.676. The van der Waals surface area contributed by atoms with Crippen LogP contribution in [-0.4, -0.2) is 83.3 Å². The number of hydrogen-bond acceptors (Lipinski definition) is 5. The minimum Gasteiger partial charge on any atom is -0.343 e. The van der Waals surface area contributed by atoms with Gasteiger partial charge in [0.2, 0.25) is 6.41 Å². The normalized spacial score (nSPS) is 27.9. The number of halogens is 1. The molecule has 1 heterocycles. The van der Waals surface area contributed by atoms with Crippen LogP contribution in [0, 0.1) is 11.8 Å². The van der Waals surface area contributed by atoms with Crippen LogP contribution in [0.4, 0.5) is 4.39 Å². The molecule has 170 valence electrons. The third kappa shape index (κ3) is 6.19. The van der Waals surface area contributed by atoms with E-state index in [2.05, 4.69) is 10.2 Å². The molecule has 2 amide bonds. The molecule has 3 aliphatic rings. The standard InChI is InChI=1S/C22H36FN3O3S/c1-21(2,19(14-27)24-20(29)22(23)7-8-22)30-15-18-5-3-17(4-6-18)13-25-9-11-26(16-28)12-10-25/h14,16-19H,3-13,15H2,1-2H3,(H,24,29). The number of aldehydes is 1. The van der Waals surface area contributed by atoms with Crippen molar-refractivity contribution in [2.45, 2.75) is 68.8 Å². The Morgan fingerprint density at radius 2 is 1.73 bits per heavy atom. The predicted molar refractivity (Wildman–Crippen MR) is 117 cm³/mol. The largest absolute Gasteiger partial charge is 0.343 e. The highest BCUT2D eigenvalue weighted by atomic mass is 32.2. The fourth-order valence-electron chi connectivity index (χ4n) is 4.40.